The van der Waals surface area contributed by atoms with Crippen molar-refractivity contribution in [3.63, 3.8) is 0 Å². The maximum Gasteiger partial charge on any atom is 0.433 e. The highest BCUT2D eigenvalue weighted by atomic mass is 127. The first-order valence-corrected chi connectivity index (χ1v) is 26.4. The van der Waals surface area contributed by atoms with E-state index in [4.69, 9.17) is 14.1 Å². The number of rotatable bonds is 13. The monoisotopic (exact) mass is 1020 g/mol. The minimum absolute atomic E-state index is 0. The first kappa shape index (κ1) is 46.5. The van der Waals surface area contributed by atoms with E-state index < -0.39 is 19.9 Å². The lowest BCUT2D eigenvalue weighted by Gasteiger charge is -2.25. The van der Waals surface area contributed by atoms with E-state index in [-0.39, 0.29) is 18.1 Å². The van der Waals surface area contributed by atoms with E-state index in [2.05, 4.69) is 92.0 Å². The van der Waals surface area contributed by atoms with Gasteiger partial charge in [-0.25, -0.2) is 19.9 Å². The summed E-state index contributed by atoms with van der Waals surface area (Å²) in [5.41, 5.74) is 3.66. The van der Waals surface area contributed by atoms with Gasteiger partial charge in [0.05, 0.1) is 35.2 Å². The third kappa shape index (κ3) is 12.1. The first-order chi connectivity index (χ1) is 28.2. The van der Waals surface area contributed by atoms with Crippen LogP contribution in [0.4, 0.5) is 34.8 Å². The van der Waals surface area contributed by atoms with Crippen molar-refractivity contribution < 1.29 is 17.9 Å². The lowest BCUT2D eigenvalue weighted by Crippen LogP contribution is -2.29. The predicted octanol–water partition coefficient (Wildman–Crippen LogP) is 10.2. The second-order valence-corrected chi connectivity index (χ2v) is 24.8. The molecule has 8 heterocycles. The molecule has 2 fully saturated rings. The minimum Gasteiger partial charge on any atom is -0.361 e. The van der Waals surface area contributed by atoms with Gasteiger partial charge in [0, 0.05) is 40.2 Å². The van der Waals surface area contributed by atoms with E-state index in [9.17, 15) is 13.2 Å². The molecule has 0 aromatic carbocycles. The molecule has 1 N–H and O–H groups in total. The first-order valence-electron chi connectivity index (χ1n) is 20.1. The number of nitrogens with one attached hydrogen (secondary N) is 1. The molecule has 2 aliphatic heterocycles. The Labute approximate surface area is 378 Å². The summed E-state index contributed by atoms with van der Waals surface area (Å²) in [4.78, 5) is 24.8. The Morgan fingerprint density at radius 1 is 0.817 bits per heavy atom. The number of hydrogen-bond donors (Lipinski definition) is 1. The van der Waals surface area contributed by atoms with Gasteiger partial charge < -0.3 is 10.1 Å². The van der Waals surface area contributed by atoms with Crippen molar-refractivity contribution in [2.45, 2.75) is 97.3 Å². The van der Waals surface area contributed by atoms with Gasteiger partial charge >= 0.3 is 6.18 Å². The Hall–Kier alpha value is -2.99. The Morgan fingerprint density at radius 2 is 1.42 bits per heavy atom. The van der Waals surface area contributed by atoms with Crippen molar-refractivity contribution in [1.29, 1.82) is 0 Å². The number of imidazole rings is 2. The van der Waals surface area contributed by atoms with E-state index in [0.717, 1.165) is 91.7 Å². The summed E-state index contributed by atoms with van der Waals surface area (Å²) in [5.74, 6) is 1.12. The molecule has 0 bridgehead atoms. The number of fused-ring (bicyclic) bond motifs is 2. The molecule has 326 valence electrons. The Balaban J connectivity index is 0.000000200. The van der Waals surface area contributed by atoms with Crippen molar-refractivity contribution in [2.24, 2.45) is 0 Å². The highest BCUT2D eigenvalue weighted by Gasteiger charge is 2.35. The minimum atomic E-state index is -4.48. The van der Waals surface area contributed by atoms with Gasteiger partial charge in [-0.1, -0.05) is 32.5 Å². The van der Waals surface area contributed by atoms with E-state index in [1.807, 2.05) is 25.4 Å². The fourth-order valence-electron chi connectivity index (χ4n) is 7.17. The number of nitrogens with zero attached hydrogens (tertiary/aromatic N) is 11. The zero-order valence-corrected chi connectivity index (χ0v) is 40.2. The zero-order chi connectivity index (χ0) is 41.7. The highest BCUT2D eigenvalue weighted by molar-refractivity contribution is 14.1. The second-order valence-electron chi connectivity index (χ2n) is 16.5. The smallest absolute Gasteiger partial charge is 0.361 e. The molecule has 21 heteroatoms. The Morgan fingerprint density at radius 3 is 2.07 bits per heavy atom. The van der Waals surface area contributed by atoms with Gasteiger partial charge in [0.15, 0.2) is 22.9 Å². The molecule has 6 aromatic rings. The number of halogens is 5. The van der Waals surface area contributed by atoms with E-state index in [1.54, 1.807) is 6.92 Å². The maximum atomic E-state index is 13.2. The summed E-state index contributed by atoms with van der Waals surface area (Å²) in [6.45, 7) is 18.2. The number of piperidine rings is 2. The molecule has 13 nitrogen and oxygen atoms in total. The number of aryl methyl sites for hydroxylation is 2. The van der Waals surface area contributed by atoms with Crippen molar-refractivity contribution in [1.82, 2.24) is 47.3 Å². The molecule has 2 aliphatic rings. The fourth-order valence-corrected chi connectivity index (χ4v) is 9.83. The van der Waals surface area contributed by atoms with Crippen LogP contribution < -0.4 is 10.2 Å². The SMILES string of the molecule is Cc1cn2c(C(F)(F)F)cnc2c(Nc2cc(CN3CCCCC3)ns2)n1.Cc1cn2c(I)cnc2c(N(COCC[Si](C)(C)C)c2cc(CN3CCCCC3)ns2)n1.Cl. The molecule has 2 saturated heterocycles. The van der Waals surface area contributed by atoms with Crippen molar-refractivity contribution in [3.05, 3.63) is 69.1 Å². The van der Waals surface area contributed by atoms with Crippen molar-refractivity contribution in [2.75, 3.05) is 49.7 Å². The topological polar surface area (TPSA) is 117 Å². The van der Waals surface area contributed by atoms with E-state index in [1.165, 1.54) is 80.9 Å². The van der Waals surface area contributed by atoms with Gasteiger partial charge in [0.2, 0.25) is 0 Å². The van der Waals surface area contributed by atoms with E-state index in [0.29, 0.717) is 18.2 Å². The van der Waals surface area contributed by atoms with Crippen molar-refractivity contribution in [3.8, 4) is 0 Å². The zero-order valence-electron chi connectivity index (χ0n) is 34.6. The molecule has 0 aliphatic carbocycles. The van der Waals surface area contributed by atoms with Gasteiger partial charge in [-0.2, -0.15) is 21.9 Å². The van der Waals surface area contributed by atoms with Gasteiger partial charge in [-0.05, 0) is 130 Å². The van der Waals surface area contributed by atoms with Crippen LogP contribution in [0.2, 0.25) is 25.7 Å². The summed E-state index contributed by atoms with van der Waals surface area (Å²) < 4.78 is 59.1. The summed E-state index contributed by atoms with van der Waals surface area (Å²) in [6, 6.07) is 5.27. The molecular formula is C39H53ClF3IN12OS2Si. The van der Waals surface area contributed by atoms with Crippen LogP contribution in [0.25, 0.3) is 11.3 Å². The van der Waals surface area contributed by atoms with Gasteiger partial charge in [-0.15, -0.1) is 12.4 Å². The Bertz CT molecular complexity index is 2320. The van der Waals surface area contributed by atoms with Crippen LogP contribution in [0, 0.1) is 17.5 Å². The number of anilines is 4. The molecule has 6 aromatic heterocycles. The molecule has 0 atom stereocenters. The van der Waals surface area contributed by atoms with Crippen molar-refractivity contribution >= 4 is 99.1 Å². The third-order valence-corrected chi connectivity index (χ3v) is 14.3. The molecule has 0 spiro atoms. The highest BCUT2D eigenvalue weighted by Crippen LogP contribution is 2.34. The lowest BCUT2D eigenvalue weighted by atomic mass is 10.1. The summed E-state index contributed by atoms with van der Waals surface area (Å²) >= 11 is 5.11. The summed E-state index contributed by atoms with van der Waals surface area (Å²) in [5, 5.41) is 4.88. The van der Waals surface area contributed by atoms with Crippen LogP contribution in [-0.2, 0) is 24.0 Å². The number of ether oxygens (including phenoxy) is 1. The maximum absolute atomic E-state index is 13.2. The van der Waals surface area contributed by atoms with Gasteiger partial charge in [0.1, 0.15) is 26.1 Å². The van der Waals surface area contributed by atoms with Crippen LogP contribution in [0.5, 0.6) is 0 Å². The molecule has 0 radical (unpaired) electrons. The Kier molecular flexibility index (Phi) is 15.9. The molecule has 0 amide bonds. The number of likely N-dealkylation sites (tertiary alicyclic amines) is 2. The van der Waals surface area contributed by atoms with Crippen LogP contribution in [-0.4, -0.2) is 94.9 Å². The van der Waals surface area contributed by atoms with Crippen LogP contribution in [0.15, 0.2) is 36.9 Å². The van der Waals surface area contributed by atoms with Crippen LogP contribution >= 0.6 is 58.1 Å². The average Bonchev–Trinajstić information content (AvgIpc) is 4.00. The average molecular weight is 1020 g/mol. The molecule has 8 rings (SSSR count). The fraction of sp³-hybridized carbons (Fsp3) is 0.538. The largest absolute Gasteiger partial charge is 0.433 e. The number of aromatic nitrogens is 8. The van der Waals surface area contributed by atoms with Gasteiger partial charge in [0.25, 0.3) is 0 Å². The van der Waals surface area contributed by atoms with Crippen LogP contribution in [0.3, 0.4) is 0 Å². The number of hydrogen-bond acceptors (Lipinski definition) is 13. The summed E-state index contributed by atoms with van der Waals surface area (Å²) in [7, 11) is -1.15. The van der Waals surface area contributed by atoms with Crippen LogP contribution in [0.1, 0.15) is 67.0 Å². The predicted molar refractivity (Wildman–Crippen MR) is 247 cm³/mol. The summed E-state index contributed by atoms with van der Waals surface area (Å²) in [6.07, 6.45) is 9.24. The molecular weight excluding hydrogens is 964 g/mol. The van der Waals surface area contributed by atoms with E-state index >= 15 is 0 Å². The van der Waals surface area contributed by atoms with Gasteiger partial charge in [-0.3, -0.25) is 23.5 Å². The second kappa shape index (κ2) is 20.5. The standard InChI is InChI=1S/C22H33IN6OSSi.C17H19F3N6S.ClH/c1-17-14-28-19(23)13-24-21(28)22(25-17)29(16-30-10-11-32(2,3)4)20-12-18(26-31-20)15-27-8-6-5-7-9-27;1-11-9-26-13(17(18,19)20)8-21-16(26)15(22-11)23-14-7-12(24-27-14)10-25-5-3-2-4-6-25;/h12-14H,5-11,15-16H2,1-4H3;7-9H,2-6,10H2,1H3,(H,22,23);1H. The third-order valence-electron chi connectivity index (χ3n) is 10.2. The quantitative estimate of drug-likeness (QED) is 0.0516. The normalized spacial score (nSPS) is 15.6. The number of alkyl halides is 3. The lowest BCUT2D eigenvalue weighted by molar-refractivity contribution is -0.141. The molecule has 0 saturated carbocycles. The molecule has 0 unspecified atom stereocenters. The molecule has 60 heavy (non-hydrogen) atoms.